The molecule has 1 aromatic heterocycles. The molecule has 0 aliphatic carbocycles. The van der Waals surface area contributed by atoms with Crippen LogP contribution in [0.25, 0.3) is 28.1 Å². The first kappa shape index (κ1) is 18.1. The van der Waals surface area contributed by atoms with Gasteiger partial charge in [-0.1, -0.05) is 54.6 Å². The summed E-state index contributed by atoms with van der Waals surface area (Å²) in [5, 5.41) is 4.57. The number of aromatic nitrogens is 2. The lowest BCUT2D eigenvalue weighted by Crippen LogP contribution is -2.03. The molecule has 0 bridgehead atoms. The van der Waals surface area contributed by atoms with Crippen LogP contribution in [0.3, 0.4) is 0 Å². The van der Waals surface area contributed by atoms with Crippen molar-refractivity contribution in [2.45, 2.75) is 12.8 Å². The van der Waals surface area contributed by atoms with Crippen molar-refractivity contribution in [2.75, 3.05) is 6.54 Å². The van der Waals surface area contributed by atoms with E-state index in [1.165, 1.54) is 6.07 Å². The van der Waals surface area contributed by atoms with Crippen molar-refractivity contribution in [3.63, 3.8) is 0 Å². The van der Waals surface area contributed by atoms with Gasteiger partial charge in [0.05, 0.1) is 17.6 Å². The van der Waals surface area contributed by atoms with E-state index in [9.17, 15) is 4.39 Å². The molecule has 0 saturated carbocycles. The van der Waals surface area contributed by atoms with E-state index >= 15 is 0 Å². The molecule has 0 amide bonds. The Morgan fingerprint density at radius 3 is 2.21 bits per heavy atom. The van der Waals surface area contributed by atoms with E-state index in [1.54, 1.807) is 12.1 Å². The molecular weight excluding hydrogens is 349 g/mol. The van der Waals surface area contributed by atoms with Gasteiger partial charge >= 0.3 is 0 Å². The minimum Gasteiger partial charge on any atom is -0.330 e. The zero-order valence-electron chi connectivity index (χ0n) is 15.6. The maximum Gasteiger partial charge on any atom is 0.132 e. The van der Waals surface area contributed by atoms with Crippen molar-refractivity contribution in [1.29, 1.82) is 0 Å². The van der Waals surface area contributed by atoms with Crippen molar-refractivity contribution in [3.05, 3.63) is 96.4 Å². The van der Waals surface area contributed by atoms with E-state index in [0.29, 0.717) is 12.1 Å². The Balaban J connectivity index is 1.77. The first-order valence-electron chi connectivity index (χ1n) is 9.45. The SMILES string of the molecule is NCCCc1cnn(-c2ccc(-c3ccccc3)cc2)c1-c1ccccc1F. The second-order valence-electron chi connectivity index (χ2n) is 6.72. The molecule has 0 radical (unpaired) electrons. The molecule has 0 saturated heterocycles. The Bertz CT molecular complexity index is 1050. The van der Waals surface area contributed by atoms with Gasteiger partial charge in [-0.2, -0.15) is 5.10 Å². The summed E-state index contributed by atoms with van der Waals surface area (Å²) < 4.78 is 16.4. The fourth-order valence-electron chi connectivity index (χ4n) is 3.42. The summed E-state index contributed by atoms with van der Waals surface area (Å²) in [5.74, 6) is -0.251. The monoisotopic (exact) mass is 371 g/mol. The van der Waals surface area contributed by atoms with Crippen LogP contribution in [0.2, 0.25) is 0 Å². The minimum absolute atomic E-state index is 0.251. The predicted molar refractivity (Wildman–Crippen MR) is 112 cm³/mol. The summed E-state index contributed by atoms with van der Waals surface area (Å²) >= 11 is 0. The van der Waals surface area contributed by atoms with Crippen molar-refractivity contribution < 1.29 is 4.39 Å². The normalized spacial score (nSPS) is 10.9. The number of benzene rings is 3. The van der Waals surface area contributed by atoms with E-state index in [2.05, 4.69) is 29.4 Å². The summed E-state index contributed by atoms with van der Waals surface area (Å²) in [6, 6.07) is 25.2. The van der Waals surface area contributed by atoms with Gasteiger partial charge in [-0.25, -0.2) is 9.07 Å². The Labute approximate surface area is 164 Å². The van der Waals surface area contributed by atoms with Gasteiger partial charge in [-0.05, 0) is 60.3 Å². The third kappa shape index (κ3) is 3.59. The molecule has 3 aromatic carbocycles. The molecule has 0 spiro atoms. The number of halogens is 1. The second-order valence-corrected chi connectivity index (χ2v) is 6.72. The van der Waals surface area contributed by atoms with Crippen LogP contribution >= 0.6 is 0 Å². The summed E-state index contributed by atoms with van der Waals surface area (Å²) in [6.45, 7) is 0.591. The fourth-order valence-corrected chi connectivity index (χ4v) is 3.42. The number of nitrogens with zero attached hydrogens (tertiary/aromatic N) is 2. The molecular formula is C24H22FN3. The van der Waals surface area contributed by atoms with Crippen molar-refractivity contribution in [1.82, 2.24) is 9.78 Å². The first-order valence-corrected chi connectivity index (χ1v) is 9.45. The highest BCUT2D eigenvalue weighted by atomic mass is 19.1. The van der Waals surface area contributed by atoms with Crippen LogP contribution in [0.4, 0.5) is 4.39 Å². The summed E-state index contributed by atoms with van der Waals surface area (Å²) in [6.07, 6.45) is 3.42. The summed E-state index contributed by atoms with van der Waals surface area (Å²) in [7, 11) is 0. The van der Waals surface area contributed by atoms with Crippen LogP contribution in [0.5, 0.6) is 0 Å². The van der Waals surface area contributed by atoms with Gasteiger partial charge in [-0.15, -0.1) is 0 Å². The molecule has 0 aliphatic heterocycles. The highest BCUT2D eigenvalue weighted by Crippen LogP contribution is 2.30. The maximum atomic E-state index is 14.6. The lowest BCUT2D eigenvalue weighted by Gasteiger charge is -2.12. The molecule has 140 valence electrons. The molecule has 4 rings (SSSR count). The van der Waals surface area contributed by atoms with Gasteiger partial charge in [-0.3, -0.25) is 0 Å². The number of hydrogen-bond acceptors (Lipinski definition) is 2. The van der Waals surface area contributed by atoms with Crippen molar-refractivity contribution in [2.24, 2.45) is 5.73 Å². The number of nitrogens with two attached hydrogens (primary N) is 1. The highest BCUT2D eigenvalue weighted by Gasteiger charge is 2.17. The summed E-state index contributed by atoms with van der Waals surface area (Å²) in [5.41, 5.74) is 11.2. The molecule has 0 atom stereocenters. The van der Waals surface area contributed by atoms with E-state index < -0.39 is 0 Å². The molecule has 1 heterocycles. The van der Waals surface area contributed by atoms with Gasteiger partial charge in [0.1, 0.15) is 5.82 Å². The second kappa shape index (κ2) is 8.19. The molecule has 0 unspecified atom stereocenters. The molecule has 0 aliphatic rings. The van der Waals surface area contributed by atoms with Crippen LogP contribution in [-0.2, 0) is 6.42 Å². The van der Waals surface area contributed by atoms with Crippen LogP contribution in [0, 0.1) is 5.82 Å². The number of rotatable bonds is 6. The van der Waals surface area contributed by atoms with Crippen molar-refractivity contribution in [3.8, 4) is 28.1 Å². The van der Waals surface area contributed by atoms with Crippen LogP contribution < -0.4 is 5.73 Å². The lowest BCUT2D eigenvalue weighted by atomic mass is 10.0. The van der Waals surface area contributed by atoms with Gasteiger partial charge in [0.2, 0.25) is 0 Å². The summed E-state index contributed by atoms with van der Waals surface area (Å²) in [4.78, 5) is 0. The highest BCUT2D eigenvalue weighted by molar-refractivity contribution is 5.68. The number of aryl methyl sites for hydroxylation is 1. The minimum atomic E-state index is -0.251. The third-order valence-electron chi connectivity index (χ3n) is 4.84. The topological polar surface area (TPSA) is 43.8 Å². The predicted octanol–water partition coefficient (Wildman–Crippen LogP) is 5.24. The van der Waals surface area contributed by atoms with Crippen molar-refractivity contribution >= 4 is 0 Å². The van der Waals surface area contributed by atoms with E-state index in [0.717, 1.165) is 40.9 Å². The van der Waals surface area contributed by atoms with E-state index in [-0.39, 0.29) is 5.82 Å². The molecule has 3 nitrogen and oxygen atoms in total. The Kier molecular flexibility index (Phi) is 5.31. The zero-order valence-corrected chi connectivity index (χ0v) is 15.6. The standard InChI is InChI=1S/C24H22FN3/c25-23-11-5-4-10-22(23)24-20(9-6-16-26)17-27-28(24)21-14-12-19(13-15-21)18-7-2-1-3-8-18/h1-5,7-8,10-15,17H,6,9,16,26H2. The molecule has 4 heteroatoms. The van der Waals surface area contributed by atoms with E-state index in [1.807, 2.05) is 47.3 Å². The third-order valence-corrected chi connectivity index (χ3v) is 4.84. The zero-order chi connectivity index (χ0) is 19.3. The molecule has 0 fully saturated rings. The molecule has 4 aromatic rings. The Morgan fingerprint density at radius 1 is 0.821 bits per heavy atom. The van der Waals surface area contributed by atoms with E-state index in [4.69, 9.17) is 5.73 Å². The largest absolute Gasteiger partial charge is 0.330 e. The van der Waals surface area contributed by atoms with Crippen LogP contribution in [0.1, 0.15) is 12.0 Å². The maximum absolute atomic E-state index is 14.6. The Hall–Kier alpha value is -3.24. The van der Waals surface area contributed by atoms with Gasteiger partial charge in [0.15, 0.2) is 0 Å². The van der Waals surface area contributed by atoms with Crippen LogP contribution in [-0.4, -0.2) is 16.3 Å². The smallest absolute Gasteiger partial charge is 0.132 e. The van der Waals surface area contributed by atoms with Crippen LogP contribution in [0.15, 0.2) is 85.1 Å². The van der Waals surface area contributed by atoms with Gasteiger partial charge in [0.25, 0.3) is 0 Å². The lowest BCUT2D eigenvalue weighted by molar-refractivity contribution is 0.629. The average Bonchev–Trinajstić information content (AvgIpc) is 3.17. The fraction of sp³-hybridized carbons (Fsp3) is 0.125. The Morgan fingerprint density at radius 2 is 1.50 bits per heavy atom. The quantitative estimate of drug-likeness (QED) is 0.504. The average molecular weight is 371 g/mol. The van der Waals surface area contributed by atoms with Gasteiger partial charge < -0.3 is 5.73 Å². The first-order chi connectivity index (χ1) is 13.8. The molecule has 2 N–H and O–H groups in total. The van der Waals surface area contributed by atoms with Gasteiger partial charge in [0, 0.05) is 5.56 Å². The number of hydrogen-bond donors (Lipinski definition) is 1. The molecule has 28 heavy (non-hydrogen) atoms.